The predicted molar refractivity (Wildman–Crippen MR) is 97.2 cm³/mol. The van der Waals surface area contributed by atoms with Crippen LogP contribution in [-0.4, -0.2) is 30.5 Å². The van der Waals surface area contributed by atoms with Crippen LogP contribution in [0.15, 0.2) is 42.7 Å². The Kier molecular flexibility index (Phi) is 6.95. The average molecular weight is 341 g/mol. The highest BCUT2D eigenvalue weighted by Gasteiger charge is 2.12. The topological polar surface area (TPSA) is 80.3 Å². The summed E-state index contributed by atoms with van der Waals surface area (Å²) in [6, 6.07) is 8.72. The lowest BCUT2D eigenvalue weighted by atomic mass is 10.1. The summed E-state index contributed by atoms with van der Waals surface area (Å²) >= 11 is 0. The number of hydrogen-bond acceptors (Lipinski definition) is 5. The number of nitrogens with zero attached hydrogens (tertiary/aromatic N) is 1. The van der Waals surface area contributed by atoms with E-state index < -0.39 is 5.97 Å². The Morgan fingerprint density at radius 3 is 2.72 bits per heavy atom. The van der Waals surface area contributed by atoms with Crippen LogP contribution in [-0.2, 0) is 4.74 Å². The van der Waals surface area contributed by atoms with Gasteiger partial charge in [-0.1, -0.05) is 31.9 Å². The lowest BCUT2D eigenvalue weighted by Gasteiger charge is -2.11. The number of para-hydroxylation sites is 1. The third-order valence-electron chi connectivity index (χ3n) is 3.68. The van der Waals surface area contributed by atoms with Crippen molar-refractivity contribution >= 4 is 23.3 Å². The quantitative estimate of drug-likeness (QED) is 0.567. The molecular formula is C19H23N3O3. The van der Waals surface area contributed by atoms with E-state index in [2.05, 4.69) is 22.5 Å². The zero-order valence-electron chi connectivity index (χ0n) is 14.5. The maximum Gasteiger partial charge on any atom is 0.339 e. The molecule has 1 heterocycles. The van der Waals surface area contributed by atoms with Crippen LogP contribution in [0.1, 0.15) is 46.9 Å². The molecule has 1 aromatic heterocycles. The van der Waals surface area contributed by atoms with E-state index in [-0.39, 0.29) is 5.91 Å². The summed E-state index contributed by atoms with van der Waals surface area (Å²) in [4.78, 5) is 28.1. The number of carbonyl (C=O) groups excluding carboxylic acids is 2. The number of carbonyl (C=O) groups is 2. The fraction of sp³-hybridized carbons (Fsp3) is 0.316. The van der Waals surface area contributed by atoms with Gasteiger partial charge in [0.2, 0.25) is 0 Å². The number of nitrogens with one attached hydrogen (secondary N) is 2. The van der Waals surface area contributed by atoms with E-state index in [4.69, 9.17) is 4.74 Å². The van der Waals surface area contributed by atoms with Gasteiger partial charge in [0.1, 0.15) is 0 Å². The number of anilines is 2. The molecule has 0 fully saturated rings. The van der Waals surface area contributed by atoms with Crippen LogP contribution in [0.4, 0.5) is 11.4 Å². The van der Waals surface area contributed by atoms with Crippen molar-refractivity contribution in [1.82, 2.24) is 10.3 Å². The first-order valence-electron chi connectivity index (χ1n) is 8.33. The fourth-order valence-corrected chi connectivity index (χ4v) is 2.35. The van der Waals surface area contributed by atoms with Crippen molar-refractivity contribution in [2.24, 2.45) is 0 Å². The molecule has 1 aromatic carbocycles. The molecule has 132 valence electrons. The molecule has 0 saturated heterocycles. The van der Waals surface area contributed by atoms with E-state index in [9.17, 15) is 9.59 Å². The number of rotatable bonds is 8. The normalized spacial score (nSPS) is 10.2. The molecule has 2 rings (SSSR count). The molecule has 0 radical (unpaired) electrons. The van der Waals surface area contributed by atoms with Crippen LogP contribution in [0, 0.1) is 0 Å². The summed E-state index contributed by atoms with van der Waals surface area (Å²) in [5.74, 6) is -0.589. The van der Waals surface area contributed by atoms with Gasteiger partial charge in [-0.15, -0.1) is 0 Å². The van der Waals surface area contributed by atoms with Crippen LogP contribution in [0.2, 0.25) is 0 Å². The zero-order chi connectivity index (χ0) is 18.1. The van der Waals surface area contributed by atoms with Crippen LogP contribution in [0.5, 0.6) is 0 Å². The second-order valence-electron chi connectivity index (χ2n) is 5.59. The van der Waals surface area contributed by atoms with Gasteiger partial charge in [0, 0.05) is 12.7 Å². The second kappa shape index (κ2) is 9.42. The van der Waals surface area contributed by atoms with Crippen molar-refractivity contribution in [3.05, 3.63) is 53.9 Å². The van der Waals surface area contributed by atoms with Crippen molar-refractivity contribution in [1.29, 1.82) is 0 Å². The summed E-state index contributed by atoms with van der Waals surface area (Å²) in [6.45, 7) is 2.77. The lowest BCUT2D eigenvalue weighted by Crippen LogP contribution is -2.24. The van der Waals surface area contributed by atoms with E-state index >= 15 is 0 Å². The largest absolute Gasteiger partial charge is 0.465 e. The number of esters is 1. The minimum absolute atomic E-state index is 0.159. The summed E-state index contributed by atoms with van der Waals surface area (Å²) in [6.07, 6.45) is 6.27. The molecule has 0 spiro atoms. The van der Waals surface area contributed by atoms with Gasteiger partial charge in [-0.3, -0.25) is 9.78 Å². The summed E-state index contributed by atoms with van der Waals surface area (Å²) in [5.41, 5.74) is 2.10. The number of amides is 1. The van der Waals surface area contributed by atoms with Crippen LogP contribution < -0.4 is 10.6 Å². The Bertz CT molecular complexity index is 731. The van der Waals surface area contributed by atoms with E-state index in [0.29, 0.717) is 29.0 Å². The minimum Gasteiger partial charge on any atom is -0.465 e. The van der Waals surface area contributed by atoms with Gasteiger partial charge in [0.25, 0.3) is 5.91 Å². The highest BCUT2D eigenvalue weighted by molar-refractivity contribution is 5.97. The third kappa shape index (κ3) is 5.31. The highest BCUT2D eigenvalue weighted by Crippen LogP contribution is 2.21. The molecule has 2 N–H and O–H groups in total. The molecule has 25 heavy (non-hydrogen) atoms. The van der Waals surface area contributed by atoms with Crippen LogP contribution in [0.3, 0.4) is 0 Å². The van der Waals surface area contributed by atoms with E-state index in [0.717, 1.165) is 19.3 Å². The second-order valence-corrected chi connectivity index (χ2v) is 5.59. The molecular weight excluding hydrogens is 318 g/mol. The number of pyridine rings is 1. The van der Waals surface area contributed by atoms with Gasteiger partial charge in [-0.2, -0.15) is 0 Å². The van der Waals surface area contributed by atoms with Gasteiger partial charge in [-0.05, 0) is 24.6 Å². The van der Waals surface area contributed by atoms with E-state index in [1.807, 2.05) is 6.07 Å². The molecule has 1 amide bonds. The fourth-order valence-electron chi connectivity index (χ4n) is 2.35. The maximum atomic E-state index is 12.2. The van der Waals surface area contributed by atoms with Gasteiger partial charge in [-0.25, -0.2) is 4.79 Å². The summed E-state index contributed by atoms with van der Waals surface area (Å²) in [7, 11) is 1.34. The van der Waals surface area contributed by atoms with Crippen LogP contribution in [0.25, 0.3) is 0 Å². The van der Waals surface area contributed by atoms with E-state index in [1.165, 1.54) is 13.3 Å². The average Bonchev–Trinajstić information content (AvgIpc) is 2.65. The Labute approximate surface area is 147 Å². The molecule has 6 heteroatoms. The lowest BCUT2D eigenvalue weighted by molar-refractivity contribution is 0.0601. The number of unbranched alkanes of at least 4 members (excludes halogenated alkanes) is 2. The molecule has 2 aromatic rings. The SMILES string of the molecule is CCCCCNC(=O)c1cncc(Nc2ccccc2C(=O)OC)c1. The van der Waals surface area contributed by atoms with Crippen LogP contribution >= 0.6 is 0 Å². The van der Waals surface area contributed by atoms with Crippen molar-refractivity contribution in [2.45, 2.75) is 26.2 Å². The number of methoxy groups -OCH3 is 1. The molecule has 0 saturated carbocycles. The molecule has 6 nitrogen and oxygen atoms in total. The third-order valence-corrected chi connectivity index (χ3v) is 3.68. The maximum absolute atomic E-state index is 12.2. The van der Waals surface area contributed by atoms with Gasteiger partial charge >= 0.3 is 5.97 Å². The number of aromatic nitrogens is 1. The summed E-state index contributed by atoms with van der Waals surface area (Å²) < 4.78 is 4.78. The smallest absolute Gasteiger partial charge is 0.339 e. The van der Waals surface area contributed by atoms with E-state index in [1.54, 1.807) is 30.5 Å². The number of hydrogen-bond donors (Lipinski definition) is 2. The van der Waals surface area contributed by atoms with Gasteiger partial charge in [0.15, 0.2) is 0 Å². The first kappa shape index (κ1) is 18.4. The Morgan fingerprint density at radius 2 is 1.96 bits per heavy atom. The first-order chi connectivity index (χ1) is 12.2. The zero-order valence-corrected chi connectivity index (χ0v) is 14.5. The molecule has 0 unspecified atom stereocenters. The van der Waals surface area contributed by atoms with Crippen molar-refractivity contribution in [3.8, 4) is 0 Å². The van der Waals surface area contributed by atoms with Crippen molar-refractivity contribution in [3.63, 3.8) is 0 Å². The van der Waals surface area contributed by atoms with Gasteiger partial charge in [0.05, 0.1) is 35.8 Å². The minimum atomic E-state index is -0.430. The molecule has 0 atom stereocenters. The summed E-state index contributed by atoms with van der Waals surface area (Å²) in [5, 5.41) is 6.00. The highest BCUT2D eigenvalue weighted by atomic mass is 16.5. The molecule has 0 aliphatic heterocycles. The monoisotopic (exact) mass is 341 g/mol. The Hall–Kier alpha value is -2.89. The predicted octanol–water partition coefficient (Wildman–Crippen LogP) is 3.53. The van der Waals surface area contributed by atoms with Gasteiger partial charge < -0.3 is 15.4 Å². The van der Waals surface area contributed by atoms with Crippen molar-refractivity contribution in [2.75, 3.05) is 19.0 Å². The Morgan fingerprint density at radius 1 is 1.16 bits per heavy atom. The molecule has 0 aliphatic carbocycles. The first-order valence-corrected chi connectivity index (χ1v) is 8.33. The standard InChI is InChI=1S/C19H23N3O3/c1-3-4-7-10-21-18(23)14-11-15(13-20-12-14)22-17-9-6-5-8-16(17)19(24)25-2/h5-6,8-9,11-13,22H,3-4,7,10H2,1-2H3,(H,21,23). The molecule has 0 aliphatic rings. The number of ether oxygens (including phenoxy) is 1. The van der Waals surface area contributed by atoms with Crippen molar-refractivity contribution < 1.29 is 14.3 Å². The number of benzene rings is 1. The Balaban J connectivity index is 2.09. The molecule has 0 bridgehead atoms.